The van der Waals surface area contributed by atoms with Crippen molar-refractivity contribution in [3.8, 4) is 0 Å². The molecule has 1 aromatic carbocycles. The summed E-state index contributed by atoms with van der Waals surface area (Å²) >= 11 is 0. The minimum Gasteiger partial charge on any atom is -0.312 e. The van der Waals surface area contributed by atoms with Crippen molar-refractivity contribution in [2.45, 2.75) is 52.0 Å². The zero-order chi connectivity index (χ0) is 13.9. The quantitative estimate of drug-likeness (QED) is 0.859. The van der Waals surface area contributed by atoms with Crippen LogP contribution in [-0.4, -0.2) is 12.1 Å². The lowest BCUT2D eigenvalue weighted by molar-refractivity contribution is 0.315. The second-order valence-corrected chi connectivity index (χ2v) is 6.88. The SMILES string of the molecule is CC(C)(C)NCC1CCCC1Cc1ccccc1F. The van der Waals surface area contributed by atoms with Crippen molar-refractivity contribution in [2.75, 3.05) is 6.54 Å². The first kappa shape index (κ1) is 14.5. The summed E-state index contributed by atoms with van der Waals surface area (Å²) in [7, 11) is 0. The predicted octanol–water partition coefficient (Wildman–Crippen LogP) is 4.17. The van der Waals surface area contributed by atoms with Crippen LogP contribution in [0.25, 0.3) is 0 Å². The van der Waals surface area contributed by atoms with Crippen LogP contribution >= 0.6 is 0 Å². The molecular formula is C17H26FN. The zero-order valence-corrected chi connectivity index (χ0v) is 12.4. The van der Waals surface area contributed by atoms with Gasteiger partial charge >= 0.3 is 0 Å². The number of hydrogen-bond donors (Lipinski definition) is 1. The van der Waals surface area contributed by atoms with Gasteiger partial charge in [-0.1, -0.05) is 24.6 Å². The van der Waals surface area contributed by atoms with E-state index in [1.807, 2.05) is 12.1 Å². The minimum atomic E-state index is -0.0445. The Hall–Kier alpha value is -0.890. The summed E-state index contributed by atoms with van der Waals surface area (Å²) in [6, 6.07) is 7.22. The van der Waals surface area contributed by atoms with Crippen molar-refractivity contribution in [1.29, 1.82) is 0 Å². The average Bonchev–Trinajstić information content (AvgIpc) is 2.76. The number of rotatable bonds is 4. The molecule has 1 N–H and O–H groups in total. The first-order chi connectivity index (χ1) is 8.96. The molecule has 1 aromatic rings. The van der Waals surface area contributed by atoms with E-state index < -0.39 is 0 Å². The summed E-state index contributed by atoms with van der Waals surface area (Å²) in [5, 5.41) is 3.60. The molecule has 2 unspecified atom stereocenters. The van der Waals surface area contributed by atoms with Gasteiger partial charge in [-0.05, 0) is 70.0 Å². The molecule has 2 atom stereocenters. The lowest BCUT2D eigenvalue weighted by atomic mass is 9.89. The normalized spacial score (nSPS) is 23.8. The molecule has 1 nitrogen and oxygen atoms in total. The second-order valence-electron chi connectivity index (χ2n) is 6.88. The Morgan fingerprint density at radius 3 is 2.53 bits per heavy atom. The molecular weight excluding hydrogens is 237 g/mol. The lowest BCUT2D eigenvalue weighted by Crippen LogP contribution is -2.40. The Kier molecular flexibility index (Phi) is 4.62. The van der Waals surface area contributed by atoms with E-state index in [0.717, 1.165) is 18.5 Å². The fourth-order valence-corrected chi connectivity index (χ4v) is 3.03. The summed E-state index contributed by atoms with van der Waals surface area (Å²) < 4.78 is 13.7. The van der Waals surface area contributed by atoms with Gasteiger partial charge in [0.25, 0.3) is 0 Å². The summed E-state index contributed by atoms with van der Waals surface area (Å²) in [5.41, 5.74) is 1.06. The van der Waals surface area contributed by atoms with Crippen molar-refractivity contribution in [1.82, 2.24) is 5.32 Å². The summed E-state index contributed by atoms with van der Waals surface area (Å²) in [6.45, 7) is 7.66. The van der Waals surface area contributed by atoms with Crippen LogP contribution in [0.1, 0.15) is 45.6 Å². The number of benzene rings is 1. The smallest absolute Gasteiger partial charge is 0.126 e. The Morgan fingerprint density at radius 1 is 1.16 bits per heavy atom. The molecule has 0 saturated heterocycles. The third kappa shape index (κ3) is 4.31. The molecule has 0 aliphatic heterocycles. The Morgan fingerprint density at radius 2 is 1.84 bits per heavy atom. The van der Waals surface area contributed by atoms with Gasteiger partial charge in [0.15, 0.2) is 0 Å². The van der Waals surface area contributed by atoms with Crippen LogP contribution in [0, 0.1) is 17.7 Å². The highest BCUT2D eigenvalue weighted by Crippen LogP contribution is 2.34. The van der Waals surface area contributed by atoms with Crippen LogP contribution in [0.15, 0.2) is 24.3 Å². The van der Waals surface area contributed by atoms with Crippen LogP contribution in [0.2, 0.25) is 0 Å². The van der Waals surface area contributed by atoms with Gasteiger partial charge in [0.1, 0.15) is 5.82 Å². The molecule has 19 heavy (non-hydrogen) atoms. The molecule has 0 heterocycles. The maximum absolute atomic E-state index is 13.7. The second kappa shape index (κ2) is 6.04. The molecule has 1 saturated carbocycles. The monoisotopic (exact) mass is 263 g/mol. The van der Waals surface area contributed by atoms with Crippen molar-refractivity contribution in [2.24, 2.45) is 11.8 Å². The van der Waals surface area contributed by atoms with E-state index in [2.05, 4.69) is 26.1 Å². The summed E-state index contributed by atoms with van der Waals surface area (Å²) in [4.78, 5) is 0. The lowest BCUT2D eigenvalue weighted by Gasteiger charge is -2.26. The maximum atomic E-state index is 13.7. The fraction of sp³-hybridized carbons (Fsp3) is 0.647. The average molecular weight is 263 g/mol. The number of nitrogens with one attached hydrogen (secondary N) is 1. The largest absolute Gasteiger partial charge is 0.312 e. The molecule has 0 aromatic heterocycles. The highest BCUT2D eigenvalue weighted by molar-refractivity contribution is 5.18. The summed E-state index contributed by atoms with van der Waals surface area (Å²) in [5.74, 6) is 1.28. The van der Waals surface area contributed by atoms with E-state index in [1.165, 1.54) is 19.3 Å². The van der Waals surface area contributed by atoms with Crippen LogP contribution in [0.5, 0.6) is 0 Å². The van der Waals surface area contributed by atoms with Crippen LogP contribution in [-0.2, 0) is 6.42 Å². The molecule has 0 spiro atoms. The topological polar surface area (TPSA) is 12.0 Å². The van der Waals surface area contributed by atoms with Gasteiger partial charge in [0, 0.05) is 5.54 Å². The molecule has 1 aliphatic rings. The van der Waals surface area contributed by atoms with Crippen LogP contribution < -0.4 is 5.32 Å². The van der Waals surface area contributed by atoms with E-state index in [-0.39, 0.29) is 11.4 Å². The molecule has 0 amide bonds. The Labute approximate surface area is 116 Å². The first-order valence-corrected chi connectivity index (χ1v) is 7.44. The third-order valence-electron chi connectivity index (χ3n) is 4.15. The Bertz CT molecular complexity index is 408. The van der Waals surface area contributed by atoms with Gasteiger partial charge in [0.05, 0.1) is 0 Å². The van der Waals surface area contributed by atoms with E-state index >= 15 is 0 Å². The zero-order valence-electron chi connectivity index (χ0n) is 12.4. The van der Waals surface area contributed by atoms with Gasteiger partial charge < -0.3 is 5.32 Å². The van der Waals surface area contributed by atoms with Crippen LogP contribution in [0.3, 0.4) is 0 Å². The standard InChI is InChI=1S/C17H26FN/c1-17(2,3)19-12-15-9-6-8-13(15)11-14-7-4-5-10-16(14)18/h4-5,7,10,13,15,19H,6,8-9,11-12H2,1-3H3. The molecule has 1 fully saturated rings. The Balaban J connectivity index is 1.94. The molecule has 0 bridgehead atoms. The van der Waals surface area contributed by atoms with Crippen molar-refractivity contribution in [3.05, 3.63) is 35.6 Å². The minimum absolute atomic E-state index is 0.0445. The van der Waals surface area contributed by atoms with E-state index in [0.29, 0.717) is 11.8 Å². The third-order valence-corrected chi connectivity index (χ3v) is 4.15. The molecule has 0 radical (unpaired) electrons. The van der Waals surface area contributed by atoms with E-state index in [1.54, 1.807) is 12.1 Å². The van der Waals surface area contributed by atoms with E-state index in [4.69, 9.17) is 0 Å². The first-order valence-electron chi connectivity index (χ1n) is 7.44. The number of hydrogen-bond acceptors (Lipinski definition) is 1. The highest BCUT2D eigenvalue weighted by atomic mass is 19.1. The van der Waals surface area contributed by atoms with Crippen molar-refractivity contribution in [3.63, 3.8) is 0 Å². The maximum Gasteiger partial charge on any atom is 0.126 e. The van der Waals surface area contributed by atoms with Gasteiger partial charge in [-0.15, -0.1) is 0 Å². The molecule has 2 heteroatoms. The molecule has 106 valence electrons. The van der Waals surface area contributed by atoms with Gasteiger partial charge in [0.2, 0.25) is 0 Å². The van der Waals surface area contributed by atoms with Gasteiger partial charge in [-0.3, -0.25) is 0 Å². The predicted molar refractivity (Wildman–Crippen MR) is 78.7 cm³/mol. The highest BCUT2D eigenvalue weighted by Gasteiger charge is 2.28. The summed E-state index contributed by atoms with van der Waals surface area (Å²) in [6.07, 6.45) is 4.70. The van der Waals surface area contributed by atoms with Crippen molar-refractivity contribution < 1.29 is 4.39 Å². The van der Waals surface area contributed by atoms with Crippen LogP contribution in [0.4, 0.5) is 4.39 Å². The molecule has 2 rings (SSSR count). The van der Waals surface area contributed by atoms with E-state index in [9.17, 15) is 4.39 Å². The molecule has 1 aliphatic carbocycles. The fourth-order valence-electron chi connectivity index (χ4n) is 3.03. The van der Waals surface area contributed by atoms with Gasteiger partial charge in [-0.25, -0.2) is 4.39 Å². The number of halogens is 1. The van der Waals surface area contributed by atoms with Crippen molar-refractivity contribution >= 4 is 0 Å². The van der Waals surface area contributed by atoms with Gasteiger partial charge in [-0.2, -0.15) is 0 Å².